The van der Waals surface area contributed by atoms with E-state index in [1.165, 1.54) is 0 Å². The maximum Gasteiger partial charge on any atom is 0.254 e. The SMILES string of the molecule is COc1ccc(C2CN(C(=O)c3ccccc3C)CC2C(=O)NCc2ccccc2)c(OC)c1. The van der Waals surface area contributed by atoms with E-state index in [1.807, 2.05) is 79.7 Å². The summed E-state index contributed by atoms with van der Waals surface area (Å²) >= 11 is 0. The van der Waals surface area contributed by atoms with Crippen LogP contribution in [0.4, 0.5) is 0 Å². The third kappa shape index (κ3) is 4.91. The van der Waals surface area contributed by atoms with Crippen molar-refractivity contribution in [2.24, 2.45) is 5.92 Å². The number of hydrogen-bond acceptors (Lipinski definition) is 4. The van der Waals surface area contributed by atoms with E-state index < -0.39 is 5.92 Å². The van der Waals surface area contributed by atoms with Gasteiger partial charge in [-0.3, -0.25) is 9.59 Å². The number of nitrogens with zero attached hydrogens (tertiary/aromatic N) is 1. The molecular weight excluding hydrogens is 428 g/mol. The molecule has 3 aromatic carbocycles. The van der Waals surface area contributed by atoms with Gasteiger partial charge in [0, 0.05) is 42.7 Å². The fourth-order valence-corrected chi connectivity index (χ4v) is 4.57. The number of nitrogens with one attached hydrogen (secondary N) is 1. The number of methoxy groups -OCH3 is 2. The van der Waals surface area contributed by atoms with Crippen molar-refractivity contribution >= 4 is 11.8 Å². The van der Waals surface area contributed by atoms with E-state index in [2.05, 4.69) is 5.32 Å². The molecule has 0 spiro atoms. The van der Waals surface area contributed by atoms with Crippen LogP contribution in [0.5, 0.6) is 11.5 Å². The standard InChI is InChI=1S/C28H30N2O4/c1-19-9-7-8-12-22(19)28(32)30-17-24(23-14-13-21(33-2)15-26(23)34-3)25(18-30)27(31)29-16-20-10-5-4-6-11-20/h4-15,24-25H,16-18H2,1-3H3,(H,29,31). The maximum atomic E-state index is 13.4. The monoisotopic (exact) mass is 458 g/mol. The largest absolute Gasteiger partial charge is 0.497 e. The first-order chi connectivity index (χ1) is 16.5. The molecule has 2 amide bonds. The Morgan fingerprint density at radius 3 is 2.38 bits per heavy atom. The van der Waals surface area contributed by atoms with Gasteiger partial charge in [-0.2, -0.15) is 0 Å². The molecule has 0 aromatic heterocycles. The van der Waals surface area contributed by atoms with Crippen molar-refractivity contribution in [3.05, 3.63) is 95.1 Å². The Labute approximate surface area is 200 Å². The quantitative estimate of drug-likeness (QED) is 0.577. The number of carbonyl (C=O) groups excluding carboxylic acids is 2. The topological polar surface area (TPSA) is 67.9 Å². The number of hydrogen-bond donors (Lipinski definition) is 1. The fraction of sp³-hybridized carbons (Fsp3) is 0.286. The van der Waals surface area contributed by atoms with Crippen LogP contribution in [0.2, 0.25) is 0 Å². The van der Waals surface area contributed by atoms with Gasteiger partial charge in [0.25, 0.3) is 5.91 Å². The summed E-state index contributed by atoms with van der Waals surface area (Å²) in [5.41, 5.74) is 3.50. The average Bonchev–Trinajstić information content (AvgIpc) is 3.32. The highest BCUT2D eigenvalue weighted by molar-refractivity contribution is 5.96. The van der Waals surface area contributed by atoms with E-state index in [1.54, 1.807) is 19.1 Å². The van der Waals surface area contributed by atoms with E-state index in [0.29, 0.717) is 36.7 Å². The molecule has 0 radical (unpaired) electrons. The van der Waals surface area contributed by atoms with Crippen LogP contribution >= 0.6 is 0 Å². The highest BCUT2D eigenvalue weighted by atomic mass is 16.5. The number of likely N-dealkylation sites (tertiary alicyclic amines) is 1. The van der Waals surface area contributed by atoms with Crippen molar-refractivity contribution in [3.8, 4) is 11.5 Å². The lowest BCUT2D eigenvalue weighted by Crippen LogP contribution is -2.35. The number of aryl methyl sites for hydroxylation is 1. The summed E-state index contributed by atoms with van der Waals surface area (Å²) in [4.78, 5) is 28.6. The lowest BCUT2D eigenvalue weighted by atomic mass is 9.87. The minimum absolute atomic E-state index is 0.0612. The van der Waals surface area contributed by atoms with Crippen LogP contribution in [0, 0.1) is 12.8 Å². The molecule has 4 rings (SSSR count). The van der Waals surface area contributed by atoms with Gasteiger partial charge in [-0.1, -0.05) is 54.6 Å². The molecule has 2 atom stereocenters. The van der Waals surface area contributed by atoms with E-state index in [-0.39, 0.29) is 17.7 Å². The molecule has 1 aliphatic rings. The second kappa shape index (κ2) is 10.4. The van der Waals surface area contributed by atoms with Gasteiger partial charge >= 0.3 is 0 Å². The predicted octanol–water partition coefficient (Wildman–Crippen LogP) is 4.18. The molecule has 0 bridgehead atoms. The van der Waals surface area contributed by atoms with Gasteiger partial charge in [0.2, 0.25) is 5.91 Å². The summed E-state index contributed by atoms with van der Waals surface area (Å²) in [6, 6.07) is 23.0. The zero-order valence-corrected chi connectivity index (χ0v) is 19.8. The van der Waals surface area contributed by atoms with E-state index in [9.17, 15) is 9.59 Å². The molecular formula is C28H30N2O4. The first kappa shape index (κ1) is 23.4. The highest BCUT2D eigenvalue weighted by Gasteiger charge is 2.42. The summed E-state index contributed by atoms with van der Waals surface area (Å²) in [6.07, 6.45) is 0. The summed E-state index contributed by atoms with van der Waals surface area (Å²) in [7, 11) is 3.21. The van der Waals surface area contributed by atoms with Crippen molar-refractivity contribution in [3.63, 3.8) is 0 Å². The third-order valence-corrected chi connectivity index (χ3v) is 6.47. The molecule has 0 aliphatic carbocycles. The van der Waals surface area contributed by atoms with E-state index in [4.69, 9.17) is 9.47 Å². The maximum absolute atomic E-state index is 13.4. The van der Waals surface area contributed by atoms with Crippen molar-refractivity contribution in [1.29, 1.82) is 0 Å². The molecule has 3 aromatic rings. The van der Waals surface area contributed by atoms with Crippen LogP contribution in [-0.4, -0.2) is 44.0 Å². The zero-order chi connectivity index (χ0) is 24.1. The molecule has 0 saturated carbocycles. The summed E-state index contributed by atoms with van der Waals surface area (Å²) in [5.74, 6) is 0.580. The predicted molar refractivity (Wildman–Crippen MR) is 131 cm³/mol. The van der Waals surface area contributed by atoms with Crippen molar-refractivity contribution in [2.75, 3.05) is 27.3 Å². The Morgan fingerprint density at radius 1 is 0.941 bits per heavy atom. The second-order valence-electron chi connectivity index (χ2n) is 8.55. The molecule has 1 saturated heterocycles. The van der Waals surface area contributed by atoms with Gasteiger partial charge in [0.1, 0.15) is 11.5 Å². The summed E-state index contributed by atoms with van der Waals surface area (Å²) in [6.45, 7) is 3.14. The lowest BCUT2D eigenvalue weighted by molar-refractivity contribution is -0.125. The van der Waals surface area contributed by atoms with E-state index in [0.717, 1.165) is 16.7 Å². The number of benzene rings is 3. The van der Waals surface area contributed by atoms with Gasteiger partial charge in [0.05, 0.1) is 20.1 Å². The molecule has 1 fully saturated rings. The minimum atomic E-state index is -0.404. The number of rotatable bonds is 7. The normalized spacial score (nSPS) is 17.3. The van der Waals surface area contributed by atoms with Crippen LogP contribution < -0.4 is 14.8 Å². The van der Waals surface area contributed by atoms with Crippen LogP contribution in [0.15, 0.2) is 72.8 Å². The Kier molecular flexibility index (Phi) is 7.16. The Morgan fingerprint density at radius 2 is 1.68 bits per heavy atom. The zero-order valence-electron chi connectivity index (χ0n) is 19.8. The molecule has 1 heterocycles. The summed E-state index contributed by atoms with van der Waals surface area (Å²) in [5, 5.41) is 3.07. The van der Waals surface area contributed by atoms with Gasteiger partial charge in [-0.25, -0.2) is 0 Å². The van der Waals surface area contributed by atoms with Crippen molar-refractivity contribution in [1.82, 2.24) is 10.2 Å². The Balaban J connectivity index is 1.62. The molecule has 2 unspecified atom stereocenters. The number of ether oxygens (including phenoxy) is 2. The Bertz CT molecular complexity index is 1160. The molecule has 6 heteroatoms. The highest BCUT2D eigenvalue weighted by Crippen LogP contribution is 2.40. The lowest BCUT2D eigenvalue weighted by Gasteiger charge is -2.21. The first-order valence-electron chi connectivity index (χ1n) is 11.4. The smallest absolute Gasteiger partial charge is 0.254 e. The molecule has 1 N–H and O–H groups in total. The molecule has 6 nitrogen and oxygen atoms in total. The van der Waals surface area contributed by atoms with Crippen molar-refractivity contribution in [2.45, 2.75) is 19.4 Å². The number of amides is 2. The minimum Gasteiger partial charge on any atom is -0.497 e. The summed E-state index contributed by atoms with van der Waals surface area (Å²) < 4.78 is 11.0. The second-order valence-corrected chi connectivity index (χ2v) is 8.55. The van der Waals surface area contributed by atoms with Gasteiger partial charge in [0.15, 0.2) is 0 Å². The molecule has 34 heavy (non-hydrogen) atoms. The number of carbonyl (C=O) groups is 2. The van der Waals surface area contributed by atoms with E-state index >= 15 is 0 Å². The van der Waals surface area contributed by atoms with Crippen LogP contribution in [-0.2, 0) is 11.3 Å². The van der Waals surface area contributed by atoms with Gasteiger partial charge in [-0.15, -0.1) is 0 Å². The van der Waals surface area contributed by atoms with Crippen LogP contribution in [0.25, 0.3) is 0 Å². The van der Waals surface area contributed by atoms with Crippen LogP contribution in [0.1, 0.15) is 33.0 Å². The fourth-order valence-electron chi connectivity index (χ4n) is 4.57. The average molecular weight is 459 g/mol. The first-order valence-corrected chi connectivity index (χ1v) is 11.4. The van der Waals surface area contributed by atoms with Gasteiger partial charge in [-0.05, 0) is 30.2 Å². The third-order valence-electron chi connectivity index (χ3n) is 6.47. The molecule has 1 aliphatic heterocycles. The van der Waals surface area contributed by atoms with Crippen molar-refractivity contribution < 1.29 is 19.1 Å². The van der Waals surface area contributed by atoms with Crippen LogP contribution in [0.3, 0.4) is 0 Å². The van der Waals surface area contributed by atoms with Gasteiger partial charge < -0.3 is 19.7 Å². The molecule has 176 valence electrons. The Hall–Kier alpha value is -3.80.